The highest BCUT2D eigenvalue weighted by Gasteiger charge is 2.13. The van der Waals surface area contributed by atoms with E-state index in [-0.39, 0.29) is 0 Å². The van der Waals surface area contributed by atoms with Crippen LogP contribution in [-0.2, 0) is 0 Å². The van der Waals surface area contributed by atoms with E-state index in [1.54, 1.807) is 22.7 Å². The molecule has 2 heterocycles. The molecule has 124 valence electrons. The lowest BCUT2D eigenvalue weighted by Gasteiger charge is -2.01. The van der Waals surface area contributed by atoms with Crippen LogP contribution in [0.4, 0.5) is 10.8 Å². The fourth-order valence-corrected chi connectivity index (χ4v) is 4.27. The maximum atomic E-state index is 5.92. The van der Waals surface area contributed by atoms with Crippen LogP contribution in [-0.4, -0.2) is 9.97 Å². The first kappa shape index (κ1) is 16.3. The number of nitrogens with one attached hydrogen (secondary N) is 1. The van der Waals surface area contributed by atoms with Crippen LogP contribution in [0.15, 0.2) is 60.0 Å². The third kappa shape index (κ3) is 3.58. The van der Waals surface area contributed by atoms with Gasteiger partial charge in [0.05, 0.1) is 5.69 Å². The van der Waals surface area contributed by atoms with Gasteiger partial charge in [0, 0.05) is 26.5 Å². The molecule has 0 saturated heterocycles. The zero-order valence-electron chi connectivity index (χ0n) is 13.4. The monoisotopic (exact) mass is 383 g/mol. The topological polar surface area (TPSA) is 37.8 Å². The van der Waals surface area contributed by atoms with Crippen molar-refractivity contribution < 1.29 is 0 Å². The van der Waals surface area contributed by atoms with Crippen LogP contribution in [0.2, 0.25) is 5.02 Å². The summed E-state index contributed by atoms with van der Waals surface area (Å²) in [5.41, 5.74) is 4.03. The van der Waals surface area contributed by atoms with Crippen LogP contribution in [0, 0.1) is 6.92 Å². The Balaban J connectivity index is 1.59. The lowest BCUT2D eigenvalue weighted by Crippen LogP contribution is -1.89. The standard InChI is InChI=1S/C19H14ClN3S2/c1-12-17(13-5-3-2-4-6-13)23-18(25-12)16-11-24-19(22-16)21-15-9-7-14(20)8-10-15/h2-11H,1H3,(H,21,22). The van der Waals surface area contributed by atoms with Gasteiger partial charge in [-0.1, -0.05) is 41.9 Å². The average Bonchev–Trinajstić information content (AvgIpc) is 3.24. The van der Waals surface area contributed by atoms with Gasteiger partial charge in [-0.3, -0.25) is 0 Å². The van der Waals surface area contributed by atoms with Crippen molar-refractivity contribution >= 4 is 45.1 Å². The van der Waals surface area contributed by atoms with E-state index >= 15 is 0 Å². The molecule has 0 amide bonds. The summed E-state index contributed by atoms with van der Waals surface area (Å²) < 4.78 is 0. The molecule has 0 aliphatic rings. The van der Waals surface area contributed by atoms with Crippen LogP contribution in [0.1, 0.15) is 4.88 Å². The molecule has 0 unspecified atom stereocenters. The summed E-state index contributed by atoms with van der Waals surface area (Å²) in [7, 11) is 0. The molecular weight excluding hydrogens is 370 g/mol. The SMILES string of the molecule is Cc1sc(-c2csc(Nc3ccc(Cl)cc3)n2)nc1-c1ccccc1. The summed E-state index contributed by atoms with van der Waals surface area (Å²) in [6, 6.07) is 17.8. The minimum absolute atomic E-state index is 0.720. The predicted molar refractivity (Wildman–Crippen MR) is 108 cm³/mol. The Morgan fingerprint density at radius 1 is 0.960 bits per heavy atom. The first-order valence-electron chi connectivity index (χ1n) is 7.70. The van der Waals surface area contributed by atoms with Gasteiger partial charge in [-0.2, -0.15) is 0 Å². The molecule has 0 fully saturated rings. The second kappa shape index (κ2) is 6.96. The van der Waals surface area contributed by atoms with Crippen molar-refractivity contribution in [3.05, 3.63) is 69.9 Å². The van der Waals surface area contributed by atoms with Crippen LogP contribution < -0.4 is 5.32 Å². The van der Waals surface area contributed by atoms with Gasteiger partial charge in [-0.05, 0) is 31.2 Å². The molecule has 4 aromatic rings. The van der Waals surface area contributed by atoms with E-state index < -0.39 is 0 Å². The molecule has 0 spiro atoms. The molecule has 0 aliphatic carbocycles. The highest BCUT2D eigenvalue weighted by Crippen LogP contribution is 2.35. The Bertz CT molecular complexity index is 991. The number of nitrogens with zero attached hydrogens (tertiary/aromatic N) is 2. The molecule has 2 aromatic heterocycles. The van der Waals surface area contributed by atoms with Gasteiger partial charge >= 0.3 is 0 Å². The van der Waals surface area contributed by atoms with Crippen LogP contribution >= 0.6 is 34.3 Å². The van der Waals surface area contributed by atoms with Gasteiger partial charge in [0.2, 0.25) is 0 Å². The number of hydrogen-bond acceptors (Lipinski definition) is 5. The van der Waals surface area contributed by atoms with Crippen molar-refractivity contribution in [2.75, 3.05) is 5.32 Å². The predicted octanol–water partition coefficient (Wildman–Crippen LogP) is 6.64. The Kier molecular flexibility index (Phi) is 4.53. The number of rotatable bonds is 4. The first-order chi connectivity index (χ1) is 12.2. The van der Waals surface area contributed by atoms with Gasteiger partial charge < -0.3 is 5.32 Å². The maximum absolute atomic E-state index is 5.92. The van der Waals surface area contributed by atoms with E-state index in [1.165, 1.54) is 4.88 Å². The molecule has 25 heavy (non-hydrogen) atoms. The van der Waals surface area contributed by atoms with Crippen LogP contribution in [0.3, 0.4) is 0 Å². The maximum Gasteiger partial charge on any atom is 0.187 e. The summed E-state index contributed by atoms with van der Waals surface area (Å²) in [5, 5.41) is 7.83. The van der Waals surface area contributed by atoms with Gasteiger partial charge in [0.15, 0.2) is 5.13 Å². The second-order valence-corrected chi connectivity index (χ2v) is 7.96. The van der Waals surface area contributed by atoms with Crippen LogP contribution in [0.25, 0.3) is 22.0 Å². The van der Waals surface area contributed by atoms with Gasteiger partial charge in [-0.25, -0.2) is 9.97 Å². The normalized spacial score (nSPS) is 10.8. The molecule has 0 atom stereocenters. The molecule has 0 saturated carbocycles. The Labute approximate surface area is 159 Å². The fraction of sp³-hybridized carbons (Fsp3) is 0.0526. The molecule has 0 aliphatic heterocycles. The minimum Gasteiger partial charge on any atom is -0.332 e. The third-order valence-electron chi connectivity index (χ3n) is 3.66. The van der Waals surface area contributed by atoms with E-state index in [1.807, 2.05) is 47.8 Å². The number of aryl methyl sites for hydroxylation is 1. The summed E-state index contributed by atoms with van der Waals surface area (Å²) in [6.45, 7) is 2.10. The summed E-state index contributed by atoms with van der Waals surface area (Å²) >= 11 is 9.16. The number of thiazole rings is 2. The highest BCUT2D eigenvalue weighted by atomic mass is 35.5. The Hall–Kier alpha value is -2.21. The molecular formula is C19H14ClN3S2. The first-order valence-corrected chi connectivity index (χ1v) is 9.78. The fourth-order valence-electron chi connectivity index (χ4n) is 2.46. The third-order valence-corrected chi connectivity index (χ3v) is 5.67. The molecule has 0 radical (unpaired) electrons. The zero-order chi connectivity index (χ0) is 17.2. The number of benzene rings is 2. The van der Waals surface area contributed by atoms with Gasteiger partial charge in [-0.15, -0.1) is 22.7 Å². The molecule has 0 bridgehead atoms. The second-order valence-electron chi connectivity index (χ2n) is 5.46. The number of aromatic nitrogens is 2. The van der Waals surface area contributed by atoms with E-state index in [2.05, 4.69) is 29.4 Å². The van der Waals surface area contributed by atoms with Crippen molar-refractivity contribution in [2.45, 2.75) is 6.92 Å². The van der Waals surface area contributed by atoms with Crippen molar-refractivity contribution in [1.82, 2.24) is 9.97 Å². The van der Waals surface area contributed by atoms with Crippen molar-refractivity contribution in [3.63, 3.8) is 0 Å². The molecule has 3 nitrogen and oxygen atoms in total. The van der Waals surface area contributed by atoms with E-state index in [4.69, 9.17) is 16.6 Å². The molecule has 4 rings (SSSR count). The Morgan fingerprint density at radius 2 is 1.72 bits per heavy atom. The summed E-state index contributed by atoms with van der Waals surface area (Å²) in [4.78, 5) is 10.7. The number of halogens is 1. The Morgan fingerprint density at radius 3 is 2.48 bits per heavy atom. The van der Waals surface area contributed by atoms with Gasteiger partial charge in [0.1, 0.15) is 10.7 Å². The lowest BCUT2D eigenvalue weighted by atomic mass is 10.1. The smallest absolute Gasteiger partial charge is 0.187 e. The van der Waals surface area contributed by atoms with E-state index in [0.717, 1.165) is 37.8 Å². The minimum atomic E-state index is 0.720. The zero-order valence-corrected chi connectivity index (χ0v) is 15.8. The number of anilines is 2. The molecule has 1 N–H and O–H groups in total. The van der Waals surface area contributed by atoms with Crippen LogP contribution in [0.5, 0.6) is 0 Å². The largest absolute Gasteiger partial charge is 0.332 e. The molecule has 6 heteroatoms. The summed E-state index contributed by atoms with van der Waals surface area (Å²) in [6.07, 6.45) is 0. The summed E-state index contributed by atoms with van der Waals surface area (Å²) in [5.74, 6) is 0. The lowest BCUT2D eigenvalue weighted by molar-refractivity contribution is 1.32. The van der Waals surface area contributed by atoms with Gasteiger partial charge in [0.25, 0.3) is 0 Å². The quantitative estimate of drug-likeness (QED) is 0.429. The highest BCUT2D eigenvalue weighted by molar-refractivity contribution is 7.17. The van der Waals surface area contributed by atoms with E-state index in [0.29, 0.717) is 0 Å². The van der Waals surface area contributed by atoms with Crippen molar-refractivity contribution in [2.24, 2.45) is 0 Å². The molecule has 2 aromatic carbocycles. The van der Waals surface area contributed by atoms with E-state index in [9.17, 15) is 0 Å². The van der Waals surface area contributed by atoms with Crippen molar-refractivity contribution in [3.8, 4) is 22.0 Å². The number of hydrogen-bond donors (Lipinski definition) is 1. The van der Waals surface area contributed by atoms with Crippen molar-refractivity contribution in [1.29, 1.82) is 0 Å². The average molecular weight is 384 g/mol.